The number of amides is 2. The second-order valence-electron chi connectivity index (χ2n) is 7.36. The Morgan fingerprint density at radius 3 is 2.75 bits per heavy atom. The van der Waals surface area contributed by atoms with E-state index in [0.29, 0.717) is 34.4 Å². The van der Waals surface area contributed by atoms with Gasteiger partial charge in [0.1, 0.15) is 17.1 Å². The maximum absolute atomic E-state index is 12.3. The first-order valence-corrected chi connectivity index (χ1v) is 8.66. The van der Waals surface area contributed by atoms with Crippen LogP contribution >= 0.6 is 0 Å². The lowest BCUT2D eigenvalue weighted by Crippen LogP contribution is -2.39. The molecule has 5 N–H and O–H groups in total. The number of rotatable bonds is 4. The zero-order valence-electron chi connectivity index (χ0n) is 16.4. The van der Waals surface area contributed by atoms with Crippen LogP contribution in [0.4, 0.5) is 10.5 Å². The highest BCUT2D eigenvalue weighted by molar-refractivity contribution is 6.29. The number of aliphatic imine (C=N–C) groups is 1. The molecular weight excluding hydrogens is 362 g/mol. The molecule has 150 valence electrons. The molecule has 2 amide bonds. The highest BCUT2D eigenvalue weighted by Gasteiger charge is 2.27. The van der Waals surface area contributed by atoms with Crippen molar-refractivity contribution < 1.29 is 14.3 Å². The maximum atomic E-state index is 12.3. The smallest absolute Gasteiger partial charge is 0.413 e. The van der Waals surface area contributed by atoms with Gasteiger partial charge in [0.25, 0.3) is 5.56 Å². The van der Waals surface area contributed by atoms with Crippen molar-refractivity contribution in [3.8, 4) is 0 Å². The van der Waals surface area contributed by atoms with Gasteiger partial charge in [-0.3, -0.25) is 19.9 Å². The molecule has 0 radical (unpaired) electrons. The van der Waals surface area contributed by atoms with Crippen molar-refractivity contribution in [3.05, 3.63) is 45.4 Å². The second-order valence-corrected chi connectivity index (χ2v) is 7.36. The number of anilines is 1. The van der Waals surface area contributed by atoms with Gasteiger partial charge < -0.3 is 20.8 Å². The van der Waals surface area contributed by atoms with Gasteiger partial charge in [-0.15, -0.1) is 0 Å². The number of aromatic nitrogens is 1. The van der Waals surface area contributed by atoms with Gasteiger partial charge >= 0.3 is 6.09 Å². The molecule has 0 unspecified atom stereocenters. The van der Waals surface area contributed by atoms with Crippen molar-refractivity contribution in [1.82, 2.24) is 15.6 Å². The number of dihydropyridines is 1. The first-order chi connectivity index (χ1) is 13.0. The van der Waals surface area contributed by atoms with Crippen molar-refractivity contribution in [3.63, 3.8) is 0 Å². The number of nitrogens with two attached hydrogens (primary N) is 1. The third-order valence-corrected chi connectivity index (χ3v) is 3.85. The van der Waals surface area contributed by atoms with Crippen molar-refractivity contribution in [2.75, 3.05) is 18.8 Å². The van der Waals surface area contributed by atoms with Crippen LogP contribution in [0.2, 0.25) is 0 Å². The van der Waals surface area contributed by atoms with Gasteiger partial charge in [-0.05, 0) is 44.9 Å². The monoisotopic (exact) mass is 387 g/mol. The molecule has 9 heteroatoms. The Hall–Kier alpha value is -3.36. The van der Waals surface area contributed by atoms with Crippen molar-refractivity contribution in [2.24, 2.45) is 4.99 Å². The van der Waals surface area contributed by atoms with Crippen LogP contribution in [0.5, 0.6) is 0 Å². The standard InChI is InChI=1S/C19H25N5O4/c1-10-7-22-16(24-18(27)28-19(3,4)5)14(13(10)8-21-9-25)12-6-11(2)23-17(26)15(12)20/h6,9H,1,7-8,20H2,2-5H3,(H,21,25)(H,23,26)(H,22,24,27). The predicted octanol–water partition coefficient (Wildman–Crippen LogP) is 1.26. The number of amidine groups is 1. The summed E-state index contributed by atoms with van der Waals surface area (Å²) in [5.74, 6) is 0.195. The number of nitrogens with zero attached hydrogens (tertiary/aromatic N) is 1. The summed E-state index contributed by atoms with van der Waals surface area (Å²) in [6, 6.07) is 1.68. The Balaban J connectivity index is 2.60. The SMILES string of the molecule is C=C1CN=C(NC(=O)OC(C)(C)C)C(c2cc(C)[nH]c(=O)c2N)=C1CNC=O. The number of carbonyl (C=O) groups is 2. The average molecular weight is 387 g/mol. The fraction of sp³-hybridized carbons (Fsp3) is 0.368. The number of carbonyl (C=O) groups excluding carboxylic acids is 2. The molecule has 1 aromatic rings. The molecule has 0 aliphatic carbocycles. The van der Waals surface area contributed by atoms with E-state index < -0.39 is 17.3 Å². The first kappa shape index (κ1) is 20.9. The minimum Gasteiger partial charge on any atom is -0.444 e. The van der Waals surface area contributed by atoms with E-state index in [4.69, 9.17) is 10.5 Å². The quantitative estimate of drug-likeness (QED) is 0.576. The largest absolute Gasteiger partial charge is 0.444 e. The van der Waals surface area contributed by atoms with E-state index in [1.165, 1.54) is 0 Å². The molecule has 9 nitrogen and oxygen atoms in total. The summed E-state index contributed by atoms with van der Waals surface area (Å²) in [6.45, 7) is 11.3. The van der Waals surface area contributed by atoms with Gasteiger partial charge in [0.15, 0.2) is 0 Å². The maximum Gasteiger partial charge on any atom is 0.413 e. The summed E-state index contributed by atoms with van der Waals surface area (Å²) in [6.07, 6.45) is -0.143. The van der Waals surface area contributed by atoms with E-state index in [0.717, 1.165) is 0 Å². The van der Waals surface area contributed by atoms with Crippen LogP contribution in [0.3, 0.4) is 0 Å². The molecule has 0 atom stereocenters. The fourth-order valence-corrected chi connectivity index (χ4v) is 2.72. The molecule has 1 aromatic heterocycles. The summed E-state index contributed by atoms with van der Waals surface area (Å²) in [4.78, 5) is 42.3. The van der Waals surface area contributed by atoms with Crippen LogP contribution in [-0.2, 0) is 9.53 Å². The Kier molecular flexibility index (Phi) is 6.07. The van der Waals surface area contributed by atoms with E-state index in [9.17, 15) is 14.4 Å². The topological polar surface area (TPSA) is 139 Å². The molecule has 28 heavy (non-hydrogen) atoms. The van der Waals surface area contributed by atoms with Gasteiger partial charge in [0.2, 0.25) is 6.41 Å². The highest BCUT2D eigenvalue weighted by Crippen LogP contribution is 2.30. The van der Waals surface area contributed by atoms with Gasteiger partial charge in [-0.25, -0.2) is 4.79 Å². The third kappa shape index (κ3) is 4.87. The normalized spacial score (nSPS) is 14.4. The zero-order valence-corrected chi connectivity index (χ0v) is 16.4. The predicted molar refractivity (Wildman–Crippen MR) is 108 cm³/mol. The second kappa shape index (κ2) is 8.12. The van der Waals surface area contributed by atoms with E-state index >= 15 is 0 Å². The molecule has 0 saturated heterocycles. The molecule has 2 rings (SSSR count). The van der Waals surface area contributed by atoms with E-state index in [1.54, 1.807) is 33.8 Å². The van der Waals surface area contributed by atoms with Gasteiger partial charge in [-0.2, -0.15) is 0 Å². The molecule has 0 aromatic carbocycles. The number of hydrogen-bond donors (Lipinski definition) is 4. The Bertz CT molecular complexity index is 935. The summed E-state index contributed by atoms with van der Waals surface area (Å²) in [5.41, 5.74) is 7.47. The molecule has 1 aliphatic rings. The van der Waals surface area contributed by atoms with Gasteiger partial charge in [0.05, 0.1) is 6.54 Å². The first-order valence-electron chi connectivity index (χ1n) is 8.66. The van der Waals surface area contributed by atoms with Crippen LogP contribution in [0.25, 0.3) is 5.57 Å². The Morgan fingerprint density at radius 2 is 2.14 bits per heavy atom. The van der Waals surface area contributed by atoms with Gasteiger partial charge in [0, 0.05) is 23.4 Å². The summed E-state index contributed by atoms with van der Waals surface area (Å²) < 4.78 is 5.30. The number of aromatic amines is 1. The minimum atomic E-state index is -0.700. The van der Waals surface area contributed by atoms with E-state index in [2.05, 4.69) is 27.2 Å². The van der Waals surface area contributed by atoms with Crippen molar-refractivity contribution in [2.45, 2.75) is 33.3 Å². The lowest BCUT2D eigenvalue weighted by molar-refractivity contribution is -0.109. The van der Waals surface area contributed by atoms with Crippen LogP contribution in [-0.4, -0.2) is 42.0 Å². The van der Waals surface area contributed by atoms with Crippen LogP contribution in [0, 0.1) is 6.92 Å². The number of pyridine rings is 1. The van der Waals surface area contributed by atoms with Crippen molar-refractivity contribution in [1.29, 1.82) is 0 Å². The number of nitrogens with one attached hydrogen (secondary N) is 3. The lowest BCUT2D eigenvalue weighted by atomic mass is 9.91. The summed E-state index contributed by atoms with van der Waals surface area (Å²) >= 11 is 0. The zero-order chi connectivity index (χ0) is 21.1. The highest BCUT2D eigenvalue weighted by atomic mass is 16.6. The number of alkyl carbamates (subject to hydrolysis) is 1. The van der Waals surface area contributed by atoms with Crippen LogP contribution in [0.1, 0.15) is 32.0 Å². The van der Waals surface area contributed by atoms with Crippen LogP contribution < -0.4 is 21.9 Å². The van der Waals surface area contributed by atoms with E-state index in [-0.39, 0.29) is 24.6 Å². The number of nitrogen functional groups attached to an aromatic ring is 1. The molecule has 0 fully saturated rings. The Morgan fingerprint density at radius 1 is 1.46 bits per heavy atom. The summed E-state index contributed by atoms with van der Waals surface area (Å²) in [7, 11) is 0. The number of hydrogen-bond acceptors (Lipinski definition) is 6. The lowest BCUT2D eigenvalue weighted by Gasteiger charge is -2.26. The molecule has 0 bridgehead atoms. The molecular formula is C19H25N5O4. The fourth-order valence-electron chi connectivity index (χ4n) is 2.72. The molecule has 2 heterocycles. The molecule has 0 saturated carbocycles. The molecule has 0 spiro atoms. The van der Waals surface area contributed by atoms with Crippen LogP contribution in [0.15, 0.2) is 33.6 Å². The number of ether oxygens (including phenoxy) is 1. The van der Waals surface area contributed by atoms with Gasteiger partial charge in [-0.1, -0.05) is 6.58 Å². The van der Waals surface area contributed by atoms with E-state index in [1.807, 2.05) is 0 Å². The summed E-state index contributed by atoms with van der Waals surface area (Å²) in [5, 5.41) is 5.21. The number of H-pyrrole nitrogens is 1. The minimum absolute atomic E-state index is 0.0300. The Labute approximate surface area is 162 Å². The average Bonchev–Trinajstić information content (AvgIpc) is 2.56. The molecule has 1 aliphatic heterocycles. The van der Waals surface area contributed by atoms with Crippen molar-refractivity contribution >= 4 is 29.6 Å². The third-order valence-electron chi connectivity index (χ3n) is 3.85. The number of aryl methyl sites for hydroxylation is 1.